The Morgan fingerprint density at radius 2 is 0.929 bits per heavy atom. The maximum Gasteiger partial charge on any atom is 0.513 e. The van der Waals surface area contributed by atoms with Gasteiger partial charge in [0.2, 0.25) is 12.6 Å². The molecule has 0 aromatic rings. The molecular formula is C21H42O7. The molecular weight excluding hydrogens is 364 g/mol. The predicted octanol–water partition coefficient (Wildman–Crippen LogP) is 6.16. The minimum atomic E-state index is -0.936. The average Bonchev–Trinajstić information content (AvgIpc) is 2.38. The highest BCUT2D eigenvalue weighted by molar-refractivity contribution is 5.60. The fourth-order valence-corrected chi connectivity index (χ4v) is 3.35. The van der Waals surface area contributed by atoms with E-state index in [2.05, 4.69) is 41.5 Å². The molecule has 28 heavy (non-hydrogen) atoms. The molecule has 0 heterocycles. The molecule has 0 fully saturated rings. The topological polar surface area (TPSA) is 72.5 Å². The smallest absolute Gasteiger partial charge is 0.402 e. The van der Waals surface area contributed by atoms with Crippen LogP contribution in [0.15, 0.2) is 0 Å². The van der Waals surface area contributed by atoms with Crippen LogP contribution in [-0.4, -0.2) is 29.9 Å². The Morgan fingerprint density at radius 3 is 1.18 bits per heavy atom. The van der Waals surface area contributed by atoms with Gasteiger partial charge in [-0.2, -0.15) is 9.78 Å². The molecule has 0 bridgehead atoms. The van der Waals surface area contributed by atoms with Gasteiger partial charge >= 0.3 is 6.16 Å². The van der Waals surface area contributed by atoms with Crippen LogP contribution in [0.3, 0.4) is 0 Å². The van der Waals surface area contributed by atoms with Crippen molar-refractivity contribution in [1.29, 1.82) is 0 Å². The van der Waals surface area contributed by atoms with Crippen molar-refractivity contribution in [1.82, 2.24) is 0 Å². The summed E-state index contributed by atoms with van der Waals surface area (Å²) in [5, 5.41) is 0. The number of carbonyl (C=O) groups excluding carboxylic acids is 1. The van der Waals surface area contributed by atoms with Crippen molar-refractivity contribution in [2.24, 2.45) is 10.8 Å². The second-order valence-corrected chi connectivity index (χ2v) is 11.0. The van der Waals surface area contributed by atoms with Crippen LogP contribution in [0.25, 0.3) is 0 Å². The molecule has 7 heteroatoms. The molecule has 0 amide bonds. The van der Waals surface area contributed by atoms with Crippen LogP contribution in [-0.2, 0) is 29.0 Å². The molecule has 0 aromatic heterocycles. The first-order chi connectivity index (χ1) is 12.3. The molecule has 0 aliphatic heterocycles. The molecule has 0 N–H and O–H groups in total. The van der Waals surface area contributed by atoms with E-state index >= 15 is 0 Å². The third-order valence-electron chi connectivity index (χ3n) is 3.25. The van der Waals surface area contributed by atoms with Crippen molar-refractivity contribution in [3.8, 4) is 0 Å². The SMILES string of the molecule is CC(OOC(C)(C)CC(C)(C)C)OC(=O)OC(C)OOC(C)(C)CC(C)(C)C. The molecule has 0 aliphatic rings. The quantitative estimate of drug-likeness (QED) is 0.186. The van der Waals surface area contributed by atoms with Gasteiger partial charge in [-0.05, 0) is 51.4 Å². The molecule has 2 unspecified atom stereocenters. The summed E-state index contributed by atoms with van der Waals surface area (Å²) in [4.78, 5) is 33.1. The first kappa shape index (κ1) is 27.1. The predicted molar refractivity (Wildman–Crippen MR) is 107 cm³/mol. The summed E-state index contributed by atoms with van der Waals surface area (Å²) in [5.74, 6) is 0. The van der Waals surface area contributed by atoms with Crippen LogP contribution in [0.5, 0.6) is 0 Å². The van der Waals surface area contributed by atoms with E-state index in [1.165, 1.54) is 0 Å². The minimum Gasteiger partial charge on any atom is -0.402 e. The molecule has 0 spiro atoms. The minimum absolute atomic E-state index is 0.0728. The van der Waals surface area contributed by atoms with Gasteiger partial charge in [-0.15, -0.1) is 0 Å². The number of ether oxygens (including phenoxy) is 2. The lowest BCUT2D eigenvalue weighted by molar-refractivity contribution is -0.422. The van der Waals surface area contributed by atoms with E-state index in [4.69, 9.17) is 29.0 Å². The third-order valence-corrected chi connectivity index (χ3v) is 3.25. The lowest BCUT2D eigenvalue weighted by atomic mass is 9.84. The lowest BCUT2D eigenvalue weighted by Crippen LogP contribution is -2.34. The van der Waals surface area contributed by atoms with Gasteiger partial charge in [0.25, 0.3) is 0 Å². The maximum atomic E-state index is 11.9. The lowest BCUT2D eigenvalue weighted by Gasteiger charge is -2.32. The van der Waals surface area contributed by atoms with E-state index in [1.54, 1.807) is 13.8 Å². The Labute approximate surface area is 171 Å². The largest absolute Gasteiger partial charge is 0.513 e. The molecule has 0 rings (SSSR count). The van der Waals surface area contributed by atoms with Gasteiger partial charge in [0.05, 0.1) is 11.2 Å². The van der Waals surface area contributed by atoms with Crippen LogP contribution in [0, 0.1) is 10.8 Å². The zero-order valence-corrected chi connectivity index (χ0v) is 19.9. The van der Waals surface area contributed by atoms with E-state index < -0.39 is 29.9 Å². The molecule has 0 aliphatic carbocycles. The fourth-order valence-electron chi connectivity index (χ4n) is 3.35. The number of hydrogen-bond acceptors (Lipinski definition) is 7. The Balaban J connectivity index is 4.28. The summed E-state index contributed by atoms with van der Waals surface area (Å²) in [6.07, 6.45) is -1.27. The Morgan fingerprint density at radius 1 is 0.643 bits per heavy atom. The van der Waals surface area contributed by atoms with Crippen molar-refractivity contribution >= 4 is 6.16 Å². The summed E-state index contributed by atoms with van der Waals surface area (Å²) < 4.78 is 10.0. The van der Waals surface area contributed by atoms with E-state index in [9.17, 15) is 4.79 Å². The molecule has 168 valence electrons. The summed E-state index contributed by atoms with van der Waals surface area (Å²) >= 11 is 0. The highest BCUT2D eigenvalue weighted by Crippen LogP contribution is 2.30. The van der Waals surface area contributed by atoms with Gasteiger partial charge in [-0.25, -0.2) is 14.6 Å². The van der Waals surface area contributed by atoms with Crippen LogP contribution in [0.2, 0.25) is 0 Å². The van der Waals surface area contributed by atoms with Crippen molar-refractivity contribution < 1.29 is 33.8 Å². The van der Waals surface area contributed by atoms with Gasteiger partial charge in [-0.1, -0.05) is 41.5 Å². The van der Waals surface area contributed by atoms with Crippen molar-refractivity contribution in [3.05, 3.63) is 0 Å². The van der Waals surface area contributed by atoms with Gasteiger partial charge in [0, 0.05) is 13.8 Å². The van der Waals surface area contributed by atoms with E-state index in [1.807, 2.05) is 27.7 Å². The highest BCUT2D eigenvalue weighted by atomic mass is 17.2. The standard InChI is InChI=1S/C21H42O7/c1-15(25-27-20(9,10)13-18(3,4)5)23-17(22)24-16(2)26-28-21(11,12)14-19(6,7)8/h15-16H,13-14H2,1-12H3. The number of hydrogen-bond donors (Lipinski definition) is 0. The van der Waals surface area contributed by atoms with Crippen LogP contribution >= 0.6 is 0 Å². The normalized spacial score (nSPS) is 15.9. The van der Waals surface area contributed by atoms with Crippen molar-refractivity contribution in [2.45, 2.75) is 120 Å². The summed E-state index contributed by atoms with van der Waals surface area (Å²) in [6.45, 7) is 23.4. The summed E-state index contributed by atoms with van der Waals surface area (Å²) in [7, 11) is 0. The van der Waals surface area contributed by atoms with Gasteiger partial charge in [0.1, 0.15) is 0 Å². The summed E-state index contributed by atoms with van der Waals surface area (Å²) in [6, 6.07) is 0. The third kappa shape index (κ3) is 15.1. The Bertz CT molecular complexity index is 430. The zero-order chi connectivity index (χ0) is 22.4. The van der Waals surface area contributed by atoms with E-state index in [0.29, 0.717) is 0 Å². The van der Waals surface area contributed by atoms with Crippen LogP contribution < -0.4 is 0 Å². The molecule has 0 saturated heterocycles. The Hall–Kier alpha value is -0.890. The zero-order valence-electron chi connectivity index (χ0n) is 19.9. The number of rotatable bonds is 10. The average molecular weight is 407 g/mol. The Kier molecular flexibility index (Phi) is 9.91. The second kappa shape index (κ2) is 10.2. The van der Waals surface area contributed by atoms with E-state index in [-0.39, 0.29) is 10.8 Å². The molecule has 0 saturated carbocycles. The maximum absolute atomic E-state index is 11.9. The van der Waals surface area contributed by atoms with E-state index in [0.717, 1.165) is 12.8 Å². The van der Waals surface area contributed by atoms with Crippen molar-refractivity contribution in [3.63, 3.8) is 0 Å². The van der Waals surface area contributed by atoms with Gasteiger partial charge in [0.15, 0.2) is 0 Å². The molecule has 2 atom stereocenters. The van der Waals surface area contributed by atoms with Crippen molar-refractivity contribution in [2.75, 3.05) is 0 Å². The molecule has 0 aromatic carbocycles. The molecule has 0 radical (unpaired) electrons. The van der Waals surface area contributed by atoms with Gasteiger partial charge in [-0.3, -0.25) is 0 Å². The number of carbonyl (C=O) groups is 1. The summed E-state index contributed by atoms with van der Waals surface area (Å²) in [5.41, 5.74) is -0.905. The van der Waals surface area contributed by atoms with Crippen LogP contribution in [0.4, 0.5) is 4.79 Å². The first-order valence-corrected chi connectivity index (χ1v) is 9.87. The van der Waals surface area contributed by atoms with Gasteiger partial charge < -0.3 is 9.47 Å². The monoisotopic (exact) mass is 406 g/mol. The second-order valence-electron chi connectivity index (χ2n) is 11.0. The fraction of sp³-hybridized carbons (Fsp3) is 0.952. The molecule has 7 nitrogen and oxygen atoms in total. The highest BCUT2D eigenvalue weighted by Gasteiger charge is 2.30. The first-order valence-electron chi connectivity index (χ1n) is 9.87. The van der Waals surface area contributed by atoms with Crippen LogP contribution in [0.1, 0.15) is 95.9 Å².